The number of fused-ring (bicyclic) bond motifs is 1. The molecule has 4 rings (SSSR count). The molecule has 0 saturated carbocycles. The molecule has 0 bridgehead atoms. The van der Waals surface area contributed by atoms with Crippen LogP contribution in [0.25, 0.3) is 0 Å². The van der Waals surface area contributed by atoms with E-state index >= 15 is 0 Å². The van der Waals surface area contributed by atoms with Gasteiger partial charge in [0.2, 0.25) is 0 Å². The van der Waals surface area contributed by atoms with Crippen LogP contribution in [0.5, 0.6) is 0 Å². The third-order valence-electron chi connectivity index (χ3n) is 5.29. The van der Waals surface area contributed by atoms with Gasteiger partial charge in [-0.2, -0.15) is 8.42 Å². The molecule has 0 saturated heterocycles. The third kappa shape index (κ3) is 4.09. The summed E-state index contributed by atoms with van der Waals surface area (Å²) in [6.45, 7) is 0.109. The van der Waals surface area contributed by atoms with Gasteiger partial charge in [0.15, 0.2) is 0 Å². The van der Waals surface area contributed by atoms with Gasteiger partial charge in [-0.25, -0.2) is 9.78 Å². The molecule has 3 aromatic rings. The van der Waals surface area contributed by atoms with Gasteiger partial charge in [0.25, 0.3) is 0 Å². The fraction of sp³-hybridized carbons (Fsp3) is 0.273. The second-order valence-corrected chi connectivity index (χ2v) is 9.14. The number of hydrogen-bond acceptors (Lipinski definition) is 5. The molecule has 2 heterocycles. The molecule has 1 aliphatic heterocycles. The molecule has 8 heteroatoms. The quantitative estimate of drug-likeness (QED) is 0.586. The maximum atomic E-state index is 13.1. The van der Waals surface area contributed by atoms with Crippen molar-refractivity contribution in [1.29, 1.82) is 0 Å². The number of aryl methyl sites for hydroxylation is 1. The van der Waals surface area contributed by atoms with Gasteiger partial charge >= 0.3 is 15.3 Å². The molecule has 2 aromatic carbocycles. The SMILES string of the molecule is Cn1ccnc1C[C@@H]1Cc2ccccc2N(S(=O)(=O)C(=O)OCc2ccccc2)C1. The van der Waals surface area contributed by atoms with Gasteiger partial charge in [0, 0.05) is 32.4 Å². The Morgan fingerprint density at radius 3 is 2.60 bits per heavy atom. The summed E-state index contributed by atoms with van der Waals surface area (Å²) in [5.74, 6) is 0.876. The number of ether oxygens (including phenoxy) is 1. The first-order chi connectivity index (χ1) is 14.4. The van der Waals surface area contributed by atoms with Gasteiger partial charge in [-0.1, -0.05) is 48.5 Å². The van der Waals surface area contributed by atoms with Crippen molar-refractivity contribution >= 4 is 21.0 Å². The maximum Gasteiger partial charge on any atom is 0.445 e. The van der Waals surface area contributed by atoms with Crippen molar-refractivity contribution in [2.45, 2.75) is 19.4 Å². The lowest BCUT2D eigenvalue weighted by molar-refractivity contribution is 0.165. The normalized spacial score (nSPS) is 16.2. The Labute approximate surface area is 176 Å². The van der Waals surface area contributed by atoms with E-state index in [0.29, 0.717) is 18.5 Å². The topological polar surface area (TPSA) is 81.5 Å². The Hall–Kier alpha value is -3.13. The number of para-hydroxylation sites is 1. The average Bonchev–Trinajstić information content (AvgIpc) is 3.16. The first-order valence-electron chi connectivity index (χ1n) is 9.72. The van der Waals surface area contributed by atoms with Crippen LogP contribution in [0.2, 0.25) is 0 Å². The molecular formula is C22H23N3O4S. The molecule has 0 spiro atoms. The Morgan fingerprint density at radius 2 is 1.87 bits per heavy atom. The van der Waals surface area contributed by atoms with Crippen molar-refractivity contribution in [2.24, 2.45) is 13.0 Å². The highest BCUT2D eigenvalue weighted by molar-refractivity contribution is 8.06. The van der Waals surface area contributed by atoms with Crippen LogP contribution in [0.4, 0.5) is 10.5 Å². The summed E-state index contributed by atoms with van der Waals surface area (Å²) in [7, 11) is -2.41. The van der Waals surface area contributed by atoms with Gasteiger partial charge in [0.05, 0.1) is 5.69 Å². The third-order valence-corrected chi connectivity index (χ3v) is 6.75. The fourth-order valence-corrected chi connectivity index (χ4v) is 4.96. The Balaban J connectivity index is 1.57. The van der Waals surface area contributed by atoms with Crippen molar-refractivity contribution in [1.82, 2.24) is 9.55 Å². The Bertz CT molecular complexity index is 1140. The zero-order valence-corrected chi connectivity index (χ0v) is 17.5. The molecular weight excluding hydrogens is 402 g/mol. The van der Waals surface area contributed by atoms with E-state index in [0.717, 1.165) is 17.0 Å². The number of anilines is 1. The number of nitrogens with zero attached hydrogens (tertiary/aromatic N) is 3. The van der Waals surface area contributed by atoms with Crippen LogP contribution < -0.4 is 4.31 Å². The smallest absolute Gasteiger partial charge is 0.445 e. The van der Waals surface area contributed by atoms with E-state index in [1.165, 1.54) is 4.31 Å². The van der Waals surface area contributed by atoms with Crippen LogP contribution in [0.1, 0.15) is 17.0 Å². The average molecular weight is 426 g/mol. The lowest BCUT2D eigenvalue weighted by atomic mass is 9.91. The van der Waals surface area contributed by atoms with E-state index in [-0.39, 0.29) is 19.1 Å². The minimum atomic E-state index is -4.32. The number of carbonyl (C=O) groups excluding carboxylic acids is 1. The van der Waals surface area contributed by atoms with Crippen LogP contribution in [0.15, 0.2) is 67.0 Å². The summed E-state index contributed by atoms with van der Waals surface area (Å²) in [5.41, 5.74) is 2.15. The van der Waals surface area contributed by atoms with Gasteiger partial charge < -0.3 is 9.30 Å². The van der Waals surface area contributed by atoms with E-state index < -0.39 is 15.3 Å². The van der Waals surface area contributed by atoms with Crippen molar-refractivity contribution in [3.8, 4) is 0 Å². The highest BCUT2D eigenvalue weighted by atomic mass is 32.2. The molecule has 156 valence electrons. The zero-order chi connectivity index (χ0) is 21.1. The highest BCUT2D eigenvalue weighted by Gasteiger charge is 2.38. The molecule has 0 N–H and O–H groups in total. The zero-order valence-electron chi connectivity index (χ0n) is 16.6. The van der Waals surface area contributed by atoms with Gasteiger partial charge in [0.1, 0.15) is 12.4 Å². The predicted octanol–water partition coefficient (Wildman–Crippen LogP) is 3.31. The molecule has 0 amide bonds. The molecule has 0 fully saturated rings. The lowest BCUT2D eigenvalue weighted by Crippen LogP contribution is -2.44. The summed E-state index contributed by atoms with van der Waals surface area (Å²) >= 11 is 0. The lowest BCUT2D eigenvalue weighted by Gasteiger charge is -2.34. The summed E-state index contributed by atoms with van der Waals surface area (Å²) in [4.78, 5) is 16.9. The molecule has 0 unspecified atom stereocenters. The predicted molar refractivity (Wildman–Crippen MR) is 113 cm³/mol. The van der Waals surface area contributed by atoms with Crippen molar-refractivity contribution in [3.63, 3.8) is 0 Å². The summed E-state index contributed by atoms with van der Waals surface area (Å²) in [6, 6.07) is 16.3. The summed E-state index contributed by atoms with van der Waals surface area (Å²) < 4.78 is 34.5. The monoisotopic (exact) mass is 425 g/mol. The first kappa shape index (κ1) is 20.2. The van der Waals surface area contributed by atoms with E-state index in [1.807, 2.05) is 36.0 Å². The minimum absolute atomic E-state index is 0.00213. The number of imidazole rings is 1. The van der Waals surface area contributed by atoms with Gasteiger partial charge in [-0.05, 0) is 29.5 Å². The first-order valence-corrected chi connectivity index (χ1v) is 11.2. The van der Waals surface area contributed by atoms with Crippen LogP contribution >= 0.6 is 0 Å². The van der Waals surface area contributed by atoms with Gasteiger partial charge in [-0.15, -0.1) is 0 Å². The second-order valence-electron chi connectivity index (χ2n) is 7.42. The van der Waals surface area contributed by atoms with E-state index in [4.69, 9.17) is 4.74 Å². The summed E-state index contributed by atoms with van der Waals surface area (Å²) in [5, 5.41) is -1.24. The fourth-order valence-electron chi connectivity index (χ4n) is 3.73. The molecule has 0 radical (unpaired) electrons. The van der Waals surface area contributed by atoms with Crippen LogP contribution in [0, 0.1) is 5.92 Å². The van der Waals surface area contributed by atoms with Gasteiger partial charge in [-0.3, -0.25) is 4.31 Å². The molecule has 1 atom stereocenters. The molecule has 1 aliphatic rings. The van der Waals surface area contributed by atoms with Crippen molar-refractivity contribution < 1.29 is 17.9 Å². The number of rotatable bonds is 5. The molecule has 1 aromatic heterocycles. The number of sulfonamides is 1. The van der Waals surface area contributed by atoms with E-state index in [1.54, 1.807) is 42.6 Å². The van der Waals surface area contributed by atoms with E-state index in [2.05, 4.69) is 4.98 Å². The molecule has 7 nitrogen and oxygen atoms in total. The van der Waals surface area contributed by atoms with E-state index in [9.17, 15) is 13.2 Å². The number of benzene rings is 2. The van der Waals surface area contributed by atoms with Crippen LogP contribution in [-0.2, 0) is 41.3 Å². The Morgan fingerprint density at radius 1 is 1.13 bits per heavy atom. The number of carbonyl (C=O) groups is 1. The maximum absolute atomic E-state index is 13.1. The Kier molecular flexibility index (Phi) is 5.59. The van der Waals surface area contributed by atoms with Crippen molar-refractivity contribution in [3.05, 3.63) is 83.9 Å². The minimum Gasteiger partial charge on any atom is -0.448 e. The number of aromatic nitrogens is 2. The largest absolute Gasteiger partial charge is 0.448 e. The summed E-state index contributed by atoms with van der Waals surface area (Å²) in [6.07, 6.45) is 4.92. The standard InChI is InChI=1S/C22H23N3O4S/c1-24-12-11-23-21(24)14-18-13-19-9-5-6-10-20(19)25(15-18)30(27,28)22(26)29-16-17-7-3-2-4-8-17/h2-12,18H,13-16H2,1H3/t18-/m0/s1. The van der Waals surface area contributed by atoms with Crippen LogP contribution in [0.3, 0.4) is 0 Å². The number of hydrogen-bond donors (Lipinski definition) is 0. The highest BCUT2D eigenvalue weighted by Crippen LogP contribution is 2.33. The van der Waals surface area contributed by atoms with Crippen molar-refractivity contribution in [2.75, 3.05) is 10.8 Å². The second kappa shape index (κ2) is 8.31. The molecule has 0 aliphatic carbocycles. The molecule has 30 heavy (non-hydrogen) atoms. The van der Waals surface area contributed by atoms with Crippen LogP contribution in [-0.4, -0.2) is 29.8 Å².